The smallest absolute Gasteiger partial charge is 0.124 e. The molecule has 1 aliphatic carbocycles. The molecule has 108 valence electrons. The van der Waals surface area contributed by atoms with Gasteiger partial charge in [0.25, 0.3) is 0 Å². The molecule has 1 aromatic carbocycles. The fraction of sp³-hybridized carbons (Fsp3) is 0.562. The van der Waals surface area contributed by atoms with Crippen molar-refractivity contribution in [1.29, 1.82) is 0 Å². The molecular formula is C16H20Cl2N2. The van der Waals surface area contributed by atoms with Crippen molar-refractivity contribution in [3.05, 3.63) is 29.0 Å². The van der Waals surface area contributed by atoms with Crippen LogP contribution in [-0.4, -0.2) is 9.55 Å². The number of alkyl halides is 1. The molecule has 0 radical (unpaired) electrons. The molecule has 0 unspecified atom stereocenters. The molecule has 1 aliphatic rings. The van der Waals surface area contributed by atoms with E-state index < -0.39 is 0 Å². The van der Waals surface area contributed by atoms with Gasteiger partial charge in [0.2, 0.25) is 0 Å². The number of fused-ring (bicyclic) bond motifs is 1. The van der Waals surface area contributed by atoms with Crippen LogP contribution in [0.25, 0.3) is 11.0 Å². The molecule has 0 bridgehead atoms. The van der Waals surface area contributed by atoms with Crippen molar-refractivity contribution in [3.63, 3.8) is 0 Å². The highest BCUT2D eigenvalue weighted by molar-refractivity contribution is 6.35. The summed E-state index contributed by atoms with van der Waals surface area (Å²) in [5.41, 5.74) is 2.00. The van der Waals surface area contributed by atoms with E-state index in [9.17, 15) is 0 Å². The Kier molecular flexibility index (Phi) is 4.52. The summed E-state index contributed by atoms with van der Waals surface area (Å²) in [5, 5.41) is 0.713. The molecular weight excluding hydrogens is 291 g/mol. The summed E-state index contributed by atoms with van der Waals surface area (Å²) in [5.74, 6) is 2.24. The SMILES string of the molecule is ClCc1nc2c(Cl)cccc2n1CCC1CCCCC1. The van der Waals surface area contributed by atoms with E-state index in [2.05, 4.69) is 15.6 Å². The van der Waals surface area contributed by atoms with Gasteiger partial charge in [0, 0.05) is 6.54 Å². The molecule has 3 rings (SSSR count). The lowest BCUT2D eigenvalue weighted by atomic mass is 9.87. The number of nitrogens with zero attached hydrogens (tertiary/aromatic N) is 2. The standard InChI is InChI=1S/C16H20Cl2N2/c17-11-15-19-16-13(18)7-4-8-14(16)20(15)10-9-12-5-2-1-3-6-12/h4,7-8,12H,1-3,5-6,9-11H2. The number of halogens is 2. The number of imidazole rings is 1. The van der Waals surface area contributed by atoms with Gasteiger partial charge in [0.15, 0.2) is 0 Å². The second-order valence-electron chi connectivity index (χ2n) is 5.71. The maximum atomic E-state index is 6.23. The van der Waals surface area contributed by atoms with Gasteiger partial charge in [-0.15, -0.1) is 11.6 Å². The summed E-state index contributed by atoms with van der Waals surface area (Å²) in [6, 6.07) is 5.97. The van der Waals surface area contributed by atoms with Gasteiger partial charge in [-0.25, -0.2) is 4.98 Å². The monoisotopic (exact) mass is 310 g/mol. The molecule has 0 spiro atoms. The third kappa shape index (κ3) is 2.82. The first-order chi connectivity index (χ1) is 9.79. The van der Waals surface area contributed by atoms with E-state index in [1.165, 1.54) is 38.5 Å². The lowest BCUT2D eigenvalue weighted by Crippen LogP contribution is -2.11. The molecule has 0 saturated heterocycles. The van der Waals surface area contributed by atoms with Gasteiger partial charge in [-0.05, 0) is 24.5 Å². The summed E-state index contributed by atoms with van der Waals surface area (Å²) in [7, 11) is 0. The maximum Gasteiger partial charge on any atom is 0.124 e. The van der Waals surface area contributed by atoms with E-state index in [0.717, 1.165) is 29.3 Å². The zero-order valence-corrected chi connectivity index (χ0v) is 13.1. The fourth-order valence-corrected chi connectivity index (χ4v) is 3.72. The zero-order valence-electron chi connectivity index (χ0n) is 11.6. The van der Waals surface area contributed by atoms with E-state index in [1.807, 2.05) is 12.1 Å². The zero-order chi connectivity index (χ0) is 13.9. The van der Waals surface area contributed by atoms with Crippen LogP contribution in [0.5, 0.6) is 0 Å². The Bertz CT molecular complexity index is 585. The van der Waals surface area contributed by atoms with Crippen molar-refractivity contribution in [2.24, 2.45) is 5.92 Å². The average Bonchev–Trinajstić information content (AvgIpc) is 2.85. The van der Waals surface area contributed by atoms with Gasteiger partial charge in [-0.2, -0.15) is 0 Å². The molecule has 0 amide bonds. The fourth-order valence-electron chi connectivity index (χ4n) is 3.30. The predicted octanol–water partition coefficient (Wildman–Crippen LogP) is 5.40. The van der Waals surface area contributed by atoms with Crippen LogP contribution in [0.15, 0.2) is 18.2 Å². The number of rotatable bonds is 4. The van der Waals surface area contributed by atoms with E-state index in [0.29, 0.717) is 10.9 Å². The molecule has 0 atom stereocenters. The second-order valence-corrected chi connectivity index (χ2v) is 6.39. The Morgan fingerprint density at radius 1 is 1.20 bits per heavy atom. The van der Waals surface area contributed by atoms with Crippen molar-refractivity contribution in [1.82, 2.24) is 9.55 Å². The number of para-hydroxylation sites is 1. The molecule has 1 aromatic heterocycles. The van der Waals surface area contributed by atoms with Gasteiger partial charge in [0.1, 0.15) is 11.3 Å². The third-order valence-corrected chi connectivity index (χ3v) is 4.96. The molecule has 1 heterocycles. The summed E-state index contributed by atoms with van der Waals surface area (Å²) >= 11 is 12.3. The van der Waals surface area contributed by atoms with E-state index >= 15 is 0 Å². The van der Waals surface area contributed by atoms with Crippen molar-refractivity contribution in [3.8, 4) is 0 Å². The van der Waals surface area contributed by atoms with Crippen LogP contribution in [0.3, 0.4) is 0 Å². The average molecular weight is 311 g/mol. The summed E-state index contributed by atoms with van der Waals surface area (Å²) in [4.78, 5) is 4.59. The molecule has 4 heteroatoms. The molecule has 0 N–H and O–H groups in total. The van der Waals surface area contributed by atoms with Crippen LogP contribution >= 0.6 is 23.2 Å². The first kappa shape index (κ1) is 14.2. The molecule has 2 nitrogen and oxygen atoms in total. The van der Waals surface area contributed by atoms with E-state index in [-0.39, 0.29) is 0 Å². The minimum atomic E-state index is 0.440. The van der Waals surface area contributed by atoms with Crippen LogP contribution in [-0.2, 0) is 12.4 Å². The summed E-state index contributed by atoms with van der Waals surface area (Å²) < 4.78 is 2.25. The Hall–Kier alpha value is -0.730. The molecule has 20 heavy (non-hydrogen) atoms. The molecule has 1 saturated carbocycles. The number of hydrogen-bond donors (Lipinski definition) is 0. The molecule has 2 aromatic rings. The first-order valence-electron chi connectivity index (χ1n) is 7.49. The first-order valence-corrected chi connectivity index (χ1v) is 8.40. The lowest BCUT2D eigenvalue weighted by molar-refractivity contribution is 0.324. The van der Waals surface area contributed by atoms with Gasteiger partial charge in [0.05, 0.1) is 16.4 Å². The Morgan fingerprint density at radius 3 is 2.75 bits per heavy atom. The topological polar surface area (TPSA) is 17.8 Å². The highest BCUT2D eigenvalue weighted by Gasteiger charge is 2.16. The maximum absolute atomic E-state index is 6.23. The van der Waals surface area contributed by atoms with Gasteiger partial charge in [-0.1, -0.05) is 49.8 Å². The van der Waals surface area contributed by atoms with Crippen molar-refractivity contribution in [2.75, 3.05) is 0 Å². The normalized spacial score (nSPS) is 16.9. The van der Waals surface area contributed by atoms with Crippen LogP contribution in [0.1, 0.15) is 44.3 Å². The number of hydrogen-bond acceptors (Lipinski definition) is 1. The Morgan fingerprint density at radius 2 is 2.00 bits per heavy atom. The molecule has 1 fully saturated rings. The van der Waals surface area contributed by atoms with Crippen LogP contribution < -0.4 is 0 Å². The van der Waals surface area contributed by atoms with Gasteiger partial charge in [-0.3, -0.25) is 0 Å². The van der Waals surface area contributed by atoms with Crippen LogP contribution in [0.2, 0.25) is 5.02 Å². The number of aromatic nitrogens is 2. The highest BCUT2D eigenvalue weighted by atomic mass is 35.5. The predicted molar refractivity (Wildman–Crippen MR) is 85.5 cm³/mol. The Balaban J connectivity index is 1.84. The molecule has 0 aliphatic heterocycles. The van der Waals surface area contributed by atoms with Crippen molar-refractivity contribution in [2.45, 2.75) is 50.9 Å². The largest absolute Gasteiger partial charge is 0.327 e. The summed E-state index contributed by atoms with van der Waals surface area (Å²) in [6.45, 7) is 1.00. The lowest BCUT2D eigenvalue weighted by Gasteiger charge is -2.22. The summed E-state index contributed by atoms with van der Waals surface area (Å²) in [6.07, 6.45) is 8.18. The van der Waals surface area contributed by atoms with E-state index in [4.69, 9.17) is 23.2 Å². The quantitative estimate of drug-likeness (QED) is 0.691. The van der Waals surface area contributed by atoms with Gasteiger partial charge >= 0.3 is 0 Å². The third-order valence-electron chi connectivity index (χ3n) is 4.41. The number of benzene rings is 1. The number of aryl methyl sites for hydroxylation is 1. The Labute approximate surface area is 130 Å². The highest BCUT2D eigenvalue weighted by Crippen LogP contribution is 2.29. The minimum Gasteiger partial charge on any atom is -0.327 e. The van der Waals surface area contributed by atoms with Crippen molar-refractivity contribution >= 4 is 34.2 Å². The van der Waals surface area contributed by atoms with Crippen LogP contribution in [0, 0.1) is 5.92 Å². The minimum absolute atomic E-state index is 0.440. The second kappa shape index (κ2) is 6.36. The van der Waals surface area contributed by atoms with Crippen LogP contribution in [0.4, 0.5) is 0 Å². The van der Waals surface area contributed by atoms with Crippen molar-refractivity contribution < 1.29 is 0 Å². The van der Waals surface area contributed by atoms with E-state index in [1.54, 1.807) is 0 Å². The van der Waals surface area contributed by atoms with Gasteiger partial charge < -0.3 is 4.57 Å².